The molecule has 0 amide bonds. The summed E-state index contributed by atoms with van der Waals surface area (Å²) in [5, 5.41) is 0. The molecule has 6 nitrogen and oxygen atoms in total. The number of rotatable bonds is 6. The van der Waals surface area contributed by atoms with E-state index in [9.17, 15) is 16.8 Å². The zero-order valence-electron chi connectivity index (χ0n) is 14.8. The Bertz CT molecular complexity index is 918. The van der Waals surface area contributed by atoms with Crippen LogP contribution in [0.15, 0.2) is 58.3 Å². The lowest BCUT2D eigenvalue weighted by atomic mass is 10.1. The maximum Gasteiger partial charge on any atom is 0.294 e. The Hall–Kier alpha value is -1.74. The summed E-state index contributed by atoms with van der Waals surface area (Å²) < 4.78 is 61.2. The Balaban J connectivity index is 0.000000263. The van der Waals surface area contributed by atoms with Gasteiger partial charge in [0.25, 0.3) is 20.2 Å². The van der Waals surface area contributed by atoms with Crippen LogP contribution in [0.5, 0.6) is 0 Å². The van der Waals surface area contributed by atoms with Crippen molar-refractivity contribution in [3.8, 4) is 0 Å². The topological polar surface area (TPSA) is 109 Å². The van der Waals surface area contributed by atoms with Crippen molar-refractivity contribution in [2.45, 2.75) is 49.3 Å². The quantitative estimate of drug-likeness (QED) is 0.715. The van der Waals surface area contributed by atoms with E-state index in [-0.39, 0.29) is 9.79 Å². The van der Waals surface area contributed by atoms with Gasteiger partial charge < -0.3 is 0 Å². The highest BCUT2D eigenvalue weighted by molar-refractivity contribution is 7.86. The number of aryl methyl sites for hydroxylation is 2. The van der Waals surface area contributed by atoms with Gasteiger partial charge in [-0.2, -0.15) is 16.8 Å². The van der Waals surface area contributed by atoms with Gasteiger partial charge >= 0.3 is 0 Å². The van der Waals surface area contributed by atoms with E-state index in [2.05, 4.69) is 0 Å². The van der Waals surface area contributed by atoms with Gasteiger partial charge in [0.15, 0.2) is 0 Å². The van der Waals surface area contributed by atoms with E-state index in [0.717, 1.165) is 12.8 Å². The Morgan fingerprint density at radius 1 is 0.731 bits per heavy atom. The van der Waals surface area contributed by atoms with Gasteiger partial charge in [-0.25, -0.2) is 0 Å². The highest BCUT2D eigenvalue weighted by atomic mass is 32.2. The molecule has 0 bridgehead atoms. The van der Waals surface area contributed by atoms with Crippen molar-refractivity contribution in [2.75, 3.05) is 0 Å². The van der Waals surface area contributed by atoms with Gasteiger partial charge in [0.1, 0.15) is 0 Å². The van der Waals surface area contributed by atoms with Crippen LogP contribution in [-0.4, -0.2) is 25.9 Å². The molecule has 0 heterocycles. The van der Waals surface area contributed by atoms with Gasteiger partial charge in [0, 0.05) is 0 Å². The molecular weight excluding hydrogens is 376 g/mol. The van der Waals surface area contributed by atoms with Crippen molar-refractivity contribution in [1.82, 2.24) is 0 Å². The maximum atomic E-state index is 11.0. The summed E-state index contributed by atoms with van der Waals surface area (Å²) in [6.07, 6.45) is 3.20. The van der Waals surface area contributed by atoms with Crippen LogP contribution in [-0.2, 0) is 33.1 Å². The minimum absolute atomic E-state index is 0.00694. The van der Waals surface area contributed by atoms with Crippen LogP contribution < -0.4 is 0 Å². The summed E-state index contributed by atoms with van der Waals surface area (Å²) in [4.78, 5) is 0.0425. The second-order valence-electron chi connectivity index (χ2n) is 5.62. The average Bonchev–Trinajstić information content (AvgIpc) is 2.59. The fourth-order valence-electron chi connectivity index (χ4n) is 2.38. The molecule has 0 radical (unpaired) electrons. The zero-order valence-corrected chi connectivity index (χ0v) is 16.4. The Morgan fingerprint density at radius 3 is 1.54 bits per heavy atom. The van der Waals surface area contributed by atoms with Crippen LogP contribution in [0.25, 0.3) is 0 Å². The molecule has 0 spiro atoms. The summed E-state index contributed by atoms with van der Waals surface area (Å²) in [5.74, 6) is 0. The predicted octanol–water partition coefficient (Wildman–Crippen LogP) is 3.77. The number of hydrogen-bond donors (Lipinski definition) is 2. The average molecular weight is 401 g/mol. The summed E-state index contributed by atoms with van der Waals surface area (Å²) in [7, 11) is -8.11. The molecule has 8 heteroatoms. The van der Waals surface area contributed by atoms with Crippen molar-refractivity contribution in [3.05, 3.63) is 59.7 Å². The van der Waals surface area contributed by atoms with Gasteiger partial charge in [-0.05, 0) is 42.5 Å². The molecule has 0 saturated carbocycles. The van der Waals surface area contributed by atoms with Gasteiger partial charge in [-0.3, -0.25) is 9.11 Å². The summed E-state index contributed by atoms with van der Waals surface area (Å²) in [5.41, 5.74) is 1.33. The Kier molecular flexibility index (Phi) is 8.42. The highest BCUT2D eigenvalue weighted by Gasteiger charge is 2.13. The predicted molar refractivity (Wildman–Crippen MR) is 101 cm³/mol. The Labute approximate surface area is 155 Å². The molecule has 0 aliphatic heterocycles. The molecule has 26 heavy (non-hydrogen) atoms. The van der Waals surface area contributed by atoms with Crippen molar-refractivity contribution in [2.24, 2.45) is 0 Å². The normalized spacial score (nSPS) is 11.5. The standard InChI is InChI=1S/C10H14O3S.C8H10O3S/c1-2-3-6-9-7-4-5-8-10(9)14(11,12)13;1-2-7-5-3-4-6-8(7)12(9,10)11/h4-5,7-8H,2-3,6H2,1H3,(H,11,12,13);3-6H,2H2,1H3,(H,9,10,11). The largest absolute Gasteiger partial charge is 0.294 e. The molecule has 2 N–H and O–H groups in total. The minimum atomic E-state index is -4.06. The Morgan fingerprint density at radius 2 is 1.15 bits per heavy atom. The number of hydrogen-bond acceptors (Lipinski definition) is 4. The van der Waals surface area contributed by atoms with Crippen LogP contribution in [0, 0.1) is 0 Å². The SMILES string of the molecule is CCCCc1ccccc1S(=O)(=O)O.CCc1ccccc1S(=O)(=O)O. The van der Waals surface area contributed by atoms with Crippen molar-refractivity contribution < 1.29 is 25.9 Å². The van der Waals surface area contributed by atoms with Gasteiger partial charge in [0.2, 0.25) is 0 Å². The van der Waals surface area contributed by atoms with Crippen LogP contribution in [0.2, 0.25) is 0 Å². The van der Waals surface area contributed by atoms with Crippen LogP contribution in [0.4, 0.5) is 0 Å². The molecule has 0 aliphatic rings. The molecule has 0 atom stereocenters. The lowest BCUT2D eigenvalue weighted by molar-refractivity contribution is 0.479. The molecule has 2 aromatic rings. The molecule has 0 aliphatic carbocycles. The molecule has 0 saturated heterocycles. The molecule has 2 rings (SSSR count). The minimum Gasteiger partial charge on any atom is -0.282 e. The molecule has 144 valence electrons. The number of unbranched alkanes of at least 4 members (excludes halogenated alkanes) is 1. The van der Waals surface area contributed by atoms with Crippen molar-refractivity contribution >= 4 is 20.2 Å². The van der Waals surface area contributed by atoms with E-state index in [4.69, 9.17) is 9.11 Å². The van der Waals surface area contributed by atoms with E-state index < -0.39 is 20.2 Å². The molecule has 0 unspecified atom stereocenters. The second kappa shape index (κ2) is 9.82. The summed E-state index contributed by atoms with van der Waals surface area (Å²) >= 11 is 0. The lowest BCUT2D eigenvalue weighted by Gasteiger charge is -2.05. The molecule has 0 fully saturated rings. The third kappa shape index (κ3) is 6.87. The van der Waals surface area contributed by atoms with Crippen molar-refractivity contribution in [1.29, 1.82) is 0 Å². The third-order valence-corrected chi connectivity index (χ3v) is 5.59. The van der Waals surface area contributed by atoms with E-state index in [1.807, 2.05) is 13.8 Å². The molecule has 2 aromatic carbocycles. The first kappa shape index (κ1) is 22.3. The summed E-state index contributed by atoms with van der Waals surface area (Å²) in [6, 6.07) is 13.0. The fourth-order valence-corrected chi connectivity index (χ4v) is 3.92. The van der Waals surface area contributed by atoms with Crippen molar-refractivity contribution in [3.63, 3.8) is 0 Å². The highest BCUT2D eigenvalue weighted by Crippen LogP contribution is 2.17. The molecule has 0 aromatic heterocycles. The van der Waals surface area contributed by atoms with E-state index in [1.54, 1.807) is 36.4 Å². The van der Waals surface area contributed by atoms with Gasteiger partial charge in [-0.15, -0.1) is 0 Å². The smallest absolute Gasteiger partial charge is 0.282 e. The van der Waals surface area contributed by atoms with Crippen LogP contribution >= 0.6 is 0 Å². The number of benzene rings is 2. The third-order valence-electron chi connectivity index (χ3n) is 3.68. The van der Waals surface area contributed by atoms with Gasteiger partial charge in [0.05, 0.1) is 9.79 Å². The van der Waals surface area contributed by atoms with E-state index in [1.165, 1.54) is 12.1 Å². The first-order valence-electron chi connectivity index (χ1n) is 8.22. The fraction of sp³-hybridized carbons (Fsp3) is 0.333. The first-order valence-corrected chi connectivity index (χ1v) is 11.1. The van der Waals surface area contributed by atoms with E-state index >= 15 is 0 Å². The molecular formula is C18H24O6S2. The lowest BCUT2D eigenvalue weighted by Crippen LogP contribution is -2.02. The van der Waals surface area contributed by atoms with Gasteiger partial charge in [-0.1, -0.05) is 56.7 Å². The summed E-state index contributed by atoms with van der Waals surface area (Å²) in [6.45, 7) is 3.88. The maximum absolute atomic E-state index is 11.0. The monoisotopic (exact) mass is 400 g/mol. The van der Waals surface area contributed by atoms with Crippen LogP contribution in [0.1, 0.15) is 37.8 Å². The zero-order chi connectivity index (χ0) is 19.8. The van der Waals surface area contributed by atoms with E-state index in [0.29, 0.717) is 24.0 Å². The first-order chi connectivity index (χ1) is 12.1. The van der Waals surface area contributed by atoms with Crippen LogP contribution in [0.3, 0.4) is 0 Å². The second-order valence-corrected chi connectivity index (χ2v) is 8.40.